The van der Waals surface area contributed by atoms with Crippen LogP contribution in [0.15, 0.2) is 18.2 Å². The Bertz CT molecular complexity index is 387. The summed E-state index contributed by atoms with van der Waals surface area (Å²) in [6, 6.07) is 7.46. The SMILES string of the molecule is CCC(CC#N)NCc1ccc(O)c(Cl)c1. The lowest BCUT2D eigenvalue weighted by molar-refractivity contribution is 0.474. The third-order valence-corrected chi connectivity index (χ3v) is 2.74. The number of aromatic hydroxyl groups is 1. The number of phenolic OH excluding ortho intramolecular Hbond substituents is 1. The largest absolute Gasteiger partial charge is 0.506 e. The predicted octanol–water partition coefficient (Wildman–Crippen LogP) is 2.83. The minimum atomic E-state index is 0.0921. The van der Waals surface area contributed by atoms with Gasteiger partial charge in [0.15, 0.2) is 0 Å². The third kappa shape index (κ3) is 3.73. The molecule has 0 fully saturated rings. The van der Waals surface area contributed by atoms with Crippen molar-refractivity contribution in [1.82, 2.24) is 5.32 Å². The molecule has 4 heteroatoms. The van der Waals surface area contributed by atoms with Crippen molar-refractivity contribution in [3.05, 3.63) is 28.8 Å². The summed E-state index contributed by atoms with van der Waals surface area (Å²) >= 11 is 5.79. The van der Waals surface area contributed by atoms with Crippen LogP contribution in [0.5, 0.6) is 5.75 Å². The molecule has 0 bridgehead atoms. The summed E-state index contributed by atoms with van der Waals surface area (Å²) in [5.74, 6) is 0.0921. The topological polar surface area (TPSA) is 56.0 Å². The third-order valence-electron chi connectivity index (χ3n) is 2.44. The van der Waals surface area contributed by atoms with E-state index in [1.807, 2.05) is 13.0 Å². The fraction of sp³-hybridized carbons (Fsp3) is 0.417. The van der Waals surface area contributed by atoms with Crippen molar-refractivity contribution in [2.24, 2.45) is 0 Å². The lowest BCUT2D eigenvalue weighted by Gasteiger charge is -2.13. The molecule has 0 heterocycles. The second-order valence-electron chi connectivity index (χ2n) is 3.63. The average molecular weight is 239 g/mol. The summed E-state index contributed by atoms with van der Waals surface area (Å²) < 4.78 is 0. The van der Waals surface area contributed by atoms with Gasteiger partial charge in [0.1, 0.15) is 5.75 Å². The number of benzene rings is 1. The van der Waals surface area contributed by atoms with E-state index in [0.717, 1.165) is 12.0 Å². The molecular weight excluding hydrogens is 224 g/mol. The molecule has 2 N–H and O–H groups in total. The van der Waals surface area contributed by atoms with Gasteiger partial charge in [-0.3, -0.25) is 0 Å². The maximum Gasteiger partial charge on any atom is 0.134 e. The van der Waals surface area contributed by atoms with E-state index < -0.39 is 0 Å². The van der Waals surface area contributed by atoms with Crippen LogP contribution >= 0.6 is 11.6 Å². The molecule has 0 aliphatic heterocycles. The first-order chi connectivity index (χ1) is 7.67. The lowest BCUT2D eigenvalue weighted by atomic mass is 10.1. The quantitative estimate of drug-likeness (QED) is 0.830. The van der Waals surface area contributed by atoms with E-state index in [2.05, 4.69) is 11.4 Å². The molecule has 1 aromatic carbocycles. The van der Waals surface area contributed by atoms with Gasteiger partial charge in [0, 0.05) is 12.6 Å². The Morgan fingerprint density at radius 1 is 1.56 bits per heavy atom. The van der Waals surface area contributed by atoms with Crippen molar-refractivity contribution in [2.45, 2.75) is 32.4 Å². The molecule has 1 aromatic rings. The van der Waals surface area contributed by atoms with Gasteiger partial charge in [-0.05, 0) is 24.1 Å². The van der Waals surface area contributed by atoms with E-state index in [1.165, 1.54) is 0 Å². The first-order valence-electron chi connectivity index (χ1n) is 5.25. The first-order valence-corrected chi connectivity index (χ1v) is 5.63. The number of halogens is 1. The Balaban J connectivity index is 2.54. The summed E-state index contributed by atoms with van der Waals surface area (Å²) in [6.07, 6.45) is 1.42. The predicted molar refractivity (Wildman–Crippen MR) is 64.3 cm³/mol. The van der Waals surface area contributed by atoms with Gasteiger partial charge in [0.05, 0.1) is 17.5 Å². The van der Waals surface area contributed by atoms with Crippen molar-refractivity contribution in [1.29, 1.82) is 5.26 Å². The molecule has 3 nitrogen and oxygen atoms in total. The van der Waals surface area contributed by atoms with Gasteiger partial charge < -0.3 is 10.4 Å². The number of nitriles is 1. The second-order valence-corrected chi connectivity index (χ2v) is 4.04. The van der Waals surface area contributed by atoms with E-state index in [4.69, 9.17) is 16.9 Å². The molecule has 0 aliphatic carbocycles. The van der Waals surface area contributed by atoms with Crippen LogP contribution in [0.25, 0.3) is 0 Å². The molecule has 0 saturated heterocycles. The summed E-state index contributed by atoms with van der Waals surface area (Å²) in [5.41, 5.74) is 0.999. The lowest BCUT2D eigenvalue weighted by Crippen LogP contribution is -2.27. The summed E-state index contributed by atoms with van der Waals surface area (Å²) in [4.78, 5) is 0. The Labute approximate surface area is 101 Å². The maximum atomic E-state index is 9.26. The van der Waals surface area contributed by atoms with Crippen molar-refractivity contribution in [3.8, 4) is 11.8 Å². The molecule has 0 spiro atoms. The monoisotopic (exact) mass is 238 g/mol. The number of nitrogens with zero attached hydrogens (tertiary/aromatic N) is 1. The smallest absolute Gasteiger partial charge is 0.134 e. The number of rotatable bonds is 5. The summed E-state index contributed by atoms with van der Waals surface area (Å²) in [5, 5.41) is 21.5. The fourth-order valence-corrected chi connectivity index (χ4v) is 1.60. The Kier molecular flexibility index (Phi) is 5.10. The van der Waals surface area contributed by atoms with Gasteiger partial charge in [-0.2, -0.15) is 5.26 Å². The van der Waals surface area contributed by atoms with Crippen LogP contribution in [-0.2, 0) is 6.54 Å². The zero-order valence-corrected chi connectivity index (χ0v) is 9.96. The Morgan fingerprint density at radius 2 is 2.31 bits per heavy atom. The summed E-state index contributed by atoms with van der Waals surface area (Å²) in [6.45, 7) is 2.69. The van der Waals surface area contributed by atoms with Crippen molar-refractivity contribution < 1.29 is 5.11 Å². The minimum absolute atomic E-state index is 0.0921. The number of nitrogens with one attached hydrogen (secondary N) is 1. The number of hydrogen-bond donors (Lipinski definition) is 2. The highest BCUT2D eigenvalue weighted by Crippen LogP contribution is 2.23. The Hall–Kier alpha value is -1.24. The van der Waals surface area contributed by atoms with Crippen molar-refractivity contribution >= 4 is 11.6 Å². The van der Waals surface area contributed by atoms with Gasteiger partial charge in [0.25, 0.3) is 0 Å². The van der Waals surface area contributed by atoms with Gasteiger partial charge in [-0.1, -0.05) is 24.6 Å². The van der Waals surface area contributed by atoms with E-state index in [9.17, 15) is 5.11 Å². The first kappa shape index (κ1) is 12.8. The molecule has 0 amide bonds. The van der Waals surface area contributed by atoms with Gasteiger partial charge in [0.2, 0.25) is 0 Å². The highest BCUT2D eigenvalue weighted by molar-refractivity contribution is 6.32. The Morgan fingerprint density at radius 3 is 2.88 bits per heavy atom. The van der Waals surface area contributed by atoms with E-state index >= 15 is 0 Å². The molecule has 1 unspecified atom stereocenters. The highest BCUT2D eigenvalue weighted by atomic mass is 35.5. The van der Waals surface area contributed by atoms with Crippen LogP contribution in [0.4, 0.5) is 0 Å². The van der Waals surface area contributed by atoms with Crippen LogP contribution in [0.2, 0.25) is 5.02 Å². The maximum absolute atomic E-state index is 9.26. The van der Waals surface area contributed by atoms with E-state index in [0.29, 0.717) is 18.0 Å². The molecule has 86 valence electrons. The normalized spacial score (nSPS) is 12.1. The van der Waals surface area contributed by atoms with Gasteiger partial charge in [-0.25, -0.2) is 0 Å². The highest BCUT2D eigenvalue weighted by Gasteiger charge is 2.05. The fourth-order valence-electron chi connectivity index (χ4n) is 1.39. The van der Waals surface area contributed by atoms with Gasteiger partial charge >= 0.3 is 0 Å². The molecule has 1 atom stereocenters. The molecular formula is C12H15ClN2O. The van der Waals surface area contributed by atoms with Crippen LogP contribution in [0.3, 0.4) is 0 Å². The van der Waals surface area contributed by atoms with Crippen LogP contribution < -0.4 is 5.32 Å². The van der Waals surface area contributed by atoms with Gasteiger partial charge in [-0.15, -0.1) is 0 Å². The van der Waals surface area contributed by atoms with Crippen molar-refractivity contribution in [2.75, 3.05) is 0 Å². The zero-order valence-electron chi connectivity index (χ0n) is 9.20. The van der Waals surface area contributed by atoms with Crippen LogP contribution in [0.1, 0.15) is 25.3 Å². The number of hydrogen-bond acceptors (Lipinski definition) is 3. The zero-order chi connectivity index (χ0) is 12.0. The molecule has 0 aromatic heterocycles. The van der Waals surface area contributed by atoms with E-state index in [-0.39, 0.29) is 11.8 Å². The standard InChI is InChI=1S/C12H15ClN2O/c1-2-10(5-6-14)15-8-9-3-4-12(16)11(13)7-9/h3-4,7,10,15-16H,2,5,8H2,1H3. The molecule has 16 heavy (non-hydrogen) atoms. The average Bonchev–Trinajstić information content (AvgIpc) is 2.28. The van der Waals surface area contributed by atoms with Crippen LogP contribution in [0, 0.1) is 11.3 Å². The minimum Gasteiger partial charge on any atom is -0.506 e. The van der Waals surface area contributed by atoms with Crippen LogP contribution in [-0.4, -0.2) is 11.1 Å². The molecule has 0 saturated carbocycles. The molecule has 0 radical (unpaired) electrons. The van der Waals surface area contributed by atoms with Crippen molar-refractivity contribution in [3.63, 3.8) is 0 Å². The molecule has 0 aliphatic rings. The van der Waals surface area contributed by atoms with E-state index in [1.54, 1.807) is 12.1 Å². The summed E-state index contributed by atoms with van der Waals surface area (Å²) in [7, 11) is 0. The molecule has 1 rings (SSSR count). The number of phenols is 1. The second kappa shape index (κ2) is 6.37.